The van der Waals surface area contributed by atoms with Crippen molar-refractivity contribution in [1.29, 1.82) is 0 Å². The van der Waals surface area contributed by atoms with Crippen molar-refractivity contribution in [3.8, 4) is 0 Å². The Labute approximate surface area is 199 Å². The van der Waals surface area contributed by atoms with Crippen LogP contribution < -0.4 is 0 Å². The van der Waals surface area contributed by atoms with Crippen LogP contribution in [0.3, 0.4) is 0 Å². The second kappa shape index (κ2) is 11.8. The summed E-state index contributed by atoms with van der Waals surface area (Å²) in [6.07, 6.45) is -6.58. The van der Waals surface area contributed by atoms with Crippen LogP contribution in [-0.2, 0) is 72.7 Å². The molecule has 5 fully saturated rings. The number of aliphatic hydroxyl groups is 4. The molecule has 155 valence electrons. The number of fused-ring (bicyclic) bond motifs is 2. The van der Waals surface area contributed by atoms with Gasteiger partial charge in [-0.2, -0.15) is 0 Å². The summed E-state index contributed by atoms with van der Waals surface area (Å²) in [7, 11) is 0. The molecule has 8 nitrogen and oxygen atoms in total. The maximum atomic E-state index is 10.4. The monoisotopic (exact) mass is 633 g/mol. The van der Waals surface area contributed by atoms with Crippen LogP contribution in [0.4, 0.5) is 0 Å². The third-order valence-electron chi connectivity index (χ3n) is 5.25. The first-order valence-electron chi connectivity index (χ1n) is 8.86. The van der Waals surface area contributed by atoms with E-state index in [2.05, 4.69) is 13.8 Å². The summed E-state index contributed by atoms with van der Waals surface area (Å²) >= 11 is 0. The molecule has 10 atom stereocenters. The van der Waals surface area contributed by atoms with Gasteiger partial charge >= 0.3 is 0 Å². The molecule has 0 aliphatic carbocycles. The molecule has 1 radical (unpaired) electrons. The smallest absolute Gasteiger partial charge is 0.184 e. The summed E-state index contributed by atoms with van der Waals surface area (Å²) in [5.41, 5.74) is 0. The topological polar surface area (TPSA) is 118 Å². The van der Waals surface area contributed by atoms with Crippen LogP contribution in [-0.4, -0.2) is 82.3 Å². The number of hydrogen-bond donors (Lipinski definition) is 4. The molecule has 0 aromatic rings. The molecule has 0 spiro atoms. The van der Waals surface area contributed by atoms with Gasteiger partial charge in [0, 0.05) is 60.4 Å². The van der Waals surface area contributed by atoms with E-state index in [1.54, 1.807) is 0 Å². The molecule has 5 aliphatic rings. The van der Waals surface area contributed by atoms with Crippen molar-refractivity contribution in [3.63, 3.8) is 0 Å². The zero-order valence-electron chi connectivity index (χ0n) is 15.1. The van der Waals surface area contributed by atoms with E-state index < -0.39 is 55.3 Å². The van der Waals surface area contributed by atoms with Crippen molar-refractivity contribution in [2.75, 3.05) is 6.61 Å². The van der Waals surface area contributed by atoms with Crippen LogP contribution in [0.25, 0.3) is 0 Å². The molecule has 4 N–H and O–H groups in total. The van der Waals surface area contributed by atoms with Gasteiger partial charge in [0.2, 0.25) is 0 Å². The average molecular weight is 633 g/mol. The second-order valence-corrected chi connectivity index (χ2v) is 7.03. The van der Waals surface area contributed by atoms with Crippen molar-refractivity contribution < 1.29 is 93.1 Å². The SMILES string of the molecule is [CH2-]C1O[C@@H]2OC3C([CH2-])O[C@H](OCCCCCC1[C@H](O)C2O)C(O)[C@H]3O.[W].[Y]. The maximum Gasteiger partial charge on any atom is 0.184 e. The van der Waals surface area contributed by atoms with Crippen molar-refractivity contribution in [2.24, 2.45) is 5.92 Å². The minimum Gasteiger partial charge on any atom is -0.390 e. The van der Waals surface area contributed by atoms with E-state index >= 15 is 0 Å². The molecule has 5 rings (SSSR count). The van der Waals surface area contributed by atoms with Crippen LogP contribution in [0.15, 0.2) is 0 Å². The second-order valence-electron chi connectivity index (χ2n) is 7.03. The normalized spacial score (nSPS) is 48.7. The van der Waals surface area contributed by atoms with Crippen LogP contribution in [0.1, 0.15) is 25.7 Å². The molecular formula is C17H28O8WY-2. The molecule has 4 bridgehead atoms. The predicted molar refractivity (Wildman–Crippen MR) is 84.8 cm³/mol. The van der Waals surface area contributed by atoms with E-state index in [-0.39, 0.29) is 59.7 Å². The summed E-state index contributed by atoms with van der Waals surface area (Å²) in [6, 6.07) is 0. The first-order chi connectivity index (χ1) is 11.9. The molecule has 0 aromatic carbocycles. The standard InChI is InChI=1S/C17H28O8.W.Y/c1-8-10-6-4-3-5-7-22-16-14(21)12(19)15(9(2)24-16)25-17(23-8)13(20)11(10)18;;/h8-21H,1-7H2;;/q-2;;/t8?,9?,10?,11-,12+,13?,14?,15?,16-,17+;;/m0../s1. The fraction of sp³-hybridized carbons (Fsp3) is 0.882. The molecule has 6 unspecified atom stereocenters. The Balaban J connectivity index is 0.00000182. The van der Waals surface area contributed by atoms with Gasteiger partial charge < -0.3 is 53.2 Å². The van der Waals surface area contributed by atoms with Gasteiger partial charge in [0.05, 0.1) is 12.2 Å². The summed E-state index contributed by atoms with van der Waals surface area (Å²) in [5.74, 6) is -0.306. The fourth-order valence-corrected chi connectivity index (χ4v) is 3.68. The van der Waals surface area contributed by atoms with Gasteiger partial charge in [0.15, 0.2) is 12.6 Å². The van der Waals surface area contributed by atoms with Gasteiger partial charge in [-0.1, -0.05) is 18.9 Å². The molecule has 10 heteroatoms. The molecule has 5 heterocycles. The van der Waals surface area contributed by atoms with Crippen molar-refractivity contribution in [2.45, 2.75) is 81.0 Å². The Morgan fingerprint density at radius 3 is 2.04 bits per heavy atom. The Bertz CT molecular complexity index is 447. The minimum absolute atomic E-state index is 0. The van der Waals surface area contributed by atoms with Gasteiger partial charge in [-0.05, 0) is 24.9 Å². The third kappa shape index (κ3) is 6.01. The van der Waals surface area contributed by atoms with Crippen molar-refractivity contribution in [3.05, 3.63) is 13.8 Å². The van der Waals surface area contributed by atoms with Crippen LogP contribution in [0.2, 0.25) is 0 Å². The maximum absolute atomic E-state index is 10.4. The van der Waals surface area contributed by atoms with E-state index in [1.165, 1.54) is 0 Å². The van der Waals surface area contributed by atoms with Gasteiger partial charge in [-0.25, -0.2) is 0 Å². The number of hydrogen-bond acceptors (Lipinski definition) is 8. The summed E-state index contributed by atoms with van der Waals surface area (Å²) in [6.45, 7) is 8.07. The Hall–Kier alpha value is 1.47. The zero-order chi connectivity index (χ0) is 18.1. The summed E-state index contributed by atoms with van der Waals surface area (Å²) in [4.78, 5) is 0. The Morgan fingerprint density at radius 1 is 0.704 bits per heavy atom. The average Bonchev–Trinajstić information content (AvgIpc) is 2.58. The fourth-order valence-electron chi connectivity index (χ4n) is 3.68. The summed E-state index contributed by atoms with van der Waals surface area (Å²) < 4.78 is 22.3. The van der Waals surface area contributed by atoms with Gasteiger partial charge in [0.1, 0.15) is 18.3 Å². The summed E-state index contributed by atoms with van der Waals surface area (Å²) in [5, 5.41) is 41.4. The van der Waals surface area contributed by atoms with Crippen LogP contribution in [0, 0.1) is 19.8 Å². The first kappa shape index (κ1) is 26.5. The molecule has 0 amide bonds. The molecule has 0 aromatic heterocycles. The predicted octanol–water partition coefficient (Wildman–Crippen LogP) is -0.865. The number of rotatable bonds is 0. The Kier molecular flexibility index (Phi) is 11.5. The molecule has 27 heavy (non-hydrogen) atoms. The van der Waals surface area contributed by atoms with Crippen molar-refractivity contribution >= 4 is 0 Å². The van der Waals surface area contributed by atoms with E-state index in [9.17, 15) is 20.4 Å². The van der Waals surface area contributed by atoms with Crippen LogP contribution >= 0.6 is 0 Å². The van der Waals surface area contributed by atoms with E-state index in [1.807, 2.05) is 0 Å². The van der Waals surface area contributed by atoms with Gasteiger partial charge in [0.25, 0.3) is 0 Å². The first-order valence-corrected chi connectivity index (χ1v) is 8.86. The number of ether oxygens (including phenoxy) is 4. The molecular weight excluding hydrogens is 605 g/mol. The van der Waals surface area contributed by atoms with E-state index in [0.29, 0.717) is 13.0 Å². The third-order valence-corrected chi connectivity index (χ3v) is 5.25. The quantitative estimate of drug-likeness (QED) is 0.255. The molecule has 5 saturated heterocycles. The largest absolute Gasteiger partial charge is 0.390 e. The molecule has 5 aliphatic heterocycles. The molecule has 0 saturated carbocycles. The van der Waals surface area contributed by atoms with E-state index in [4.69, 9.17) is 18.9 Å². The van der Waals surface area contributed by atoms with E-state index in [0.717, 1.165) is 19.3 Å². The Morgan fingerprint density at radius 2 is 1.33 bits per heavy atom. The van der Waals surface area contributed by atoms with Crippen LogP contribution in [0.5, 0.6) is 0 Å². The van der Waals surface area contributed by atoms with Crippen molar-refractivity contribution in [1.82, 2.24) is 0 Å². The number of aliphatic hydroxyl groups excluding tert-OH is 4. The van der Waals surface area contributed by atoms with Gasteiger partial charge in [-0.15, -0.1) is 0 Å². The van der Waals surface area contributed by atoms with Gasteiger partial charge in [-0.3, -0.25) is 0 Å². The zero-order valence-corrected chi connectivity index (χ0v) is 20.9. The minimum atomic E-state index is -1.33.